The summed E-state index contributed by atoms with van der Waals surface area (Å²) in [4.78, 5) is 35.3. The van der Waals surface area contributed by atoms with Crippen molar-refractivity contribution in [2.24, 2.45) is 4.99 Å². The van der Waals surface area contributed by atoms with Crippen LogP contribution in [0.3, 0.4) is 0 Å². The first-order valence-electron chi connectivity index (χ1n) is 11.2. The van der Waals surface area contributed by atoms with Crippen LogP contribution in [0.1, 0.15) is 5.56 Å². The molecule has 36 heavy (non-hydrogen) atoms. The molecule has 1 aromatic heterocycles. The number of amidine groups is 1. The highest BCUT2D eigenvalue weighted by Gasteiger charge is 2.32. The zero-order valence-electron chi connectivity index (χ0n) is 18.9. The van der Waals surface area contributed by atoms with E-state index in [0.717, 1.165) is 16.5 Å². The number of benzene rings is 3. The molecule has 0 radical (unpaired) electrons. The molecule has 4 aromatic rings. The summed E-state index contributed by atoms with van der Waals surface area (Å²) in [6.07, 6.45) is 3.56. The predicted octanol–water partition coefficient (Wildman–Crippen LogP) is 5.01. The first kappa shape index (κ1) is 22.0. The average molecular weight is 497 g/mol. The molecule has 2 amide bonds. The van der Waals surface area contributed by atoms with Gasteiger partial charge in [0.1, 0.15) is 5.70 Å². The smallest absolute Gasteiger partial charge is 0.283 e. The van der Waals surface area contributed by atoms with Gasteiger partial charge < -0.3 is 19.8 Å². The number of aromatic nitrogens is 1. The molecular weight excluding hydrogens is 476 g/mol. The molecule has 0 fully saturated rings. The fourth-order valence-corrected chi connectivity index (χ4v) is 4.82. The van der Waals surface area contributed by atoms with Crippen molar-refractivity contribution in [3.8, 4) is 11.5 Å². The van der Waals surface area contributed by atoms with Crippen LogP contribution in [0.5, 0.6) is 11.5 Å². The maximum Gasteiger partial charge on any atom is 0.283 e. The normalized spacial score (nSPS) is 15.6. The average Bonchev–Trinajstić information content (AvgIpc) is 3.62. The van der Waals surface area contributed by atoms with Crippen molar-refractivity contribution in [1.82, 2.24) is 4.98 Å². The Balaban J connectivity index is 1.23. The summed E-state index contributed by atoms with van der Waals surface area (Å²) in [5, 5.41) is 4.42. The van der Waals surface area contributed by atoms with E-state index < -0.39 is 0 Å². The van der Waals surface area contributed by atoms with E-state index in [1.807, 2.05) is 72.9 Å². The van der Waals surface area contributed by atoms with Crippen LogP contribution in [0.2, 0.25) is 0 Å². The molecule has 0 atom stereocenters. The maximum absolute atomic E-state index is 13.4. The summed E-state index contributed by atoms with van der Waals surface area (Å²) >= 11 is 1.21. The van der Waals surface area contributed by atoms with Gasteiger partial charge in [-0.2, -0.15) is 0 Å². The standard InChI is InChI=1S/C27H20N4O4S/c32-25(29-19-8-7-18-10-11-28-21(18)14-19)15-36-27-30-22(26(33)31(27)20-4-2-1-3-5-20)12-17-6-9-23-24(13-17)35-16-34-23/h1-14,28H,15-16H2,(H,29,32)/b22-12-. The zero-order chi connectivity index (χ0) is 24.5. The number of hydrogen-bond donors (Lipinski definition) is 2. The highest BCUT2D eigenvalue weighted by molar-refractivity contribution is 8.14. The lowest BCUT2D eigenvalue weighted by molar-refractivity contribution is -0.114. The number of rotatable bonds is 5. The molecule has 0 saturated heterocycles. The van der Waals surface area contributed by atoms with Gasteiger partial charge in [0.15, 0.2) is 16.7 Å². The van der Waals surface area contributed by atoms with Gasteiger partial charge in [0.05, 0.1) is 11.4 Å². The third-order valence-corrected chi connectivity index (χ3v) is 6.65. The number of para-hydroxylation sites is 1. The van der Waals surface area contributed by atoms with E-state index in [4.69, 9.17) is 9.47 Å². The first-order valence-corrected chi connectivity index (χ1v) is 12.2. The molecule has 0 unspecified atom stereocenters. The van der Waals surface area contributed by atoms with Crippen molar-refractivity contribution < 1.29 is 19.1 Å². The van der Waals surface area contributed by atoms with Gasteiger partial charge in [-0.1, -0.05) is 42.1 Å². The first-order chi connectivity index (χ1) is 17.6. The van der Waals surface area contributed by atoms with E-state index in [0.29, 0.717) is 28.0 Å². The summed E-state index contributed by atoms with van der Waals surface area (Å²) in [5.74, 6) is 0.931. The van der Waals surface area contributed by atoms with E-state index in [-0.39, 0.29) is 30.1 Å². The molecular formula is C27H20N4O4S. The third-order valence-electron chi connectivity index (χ3n) is 5.72. The molecule has 6 rings (SSSR count). The maximum atomic E-state index is 13.4. The minimum absolute atomic E-state index is 0.0928. The zero-order valence-corrected chi connectivity index (χ0v) is 19.7. The van der Waals surface area contributed by atoms with Gasteiger partial charge in [-0.25, -0.2) is 4.99 Å². The molecule has 8 nitrogen and oxygen atoms in total. The molecule has 2 aliphatic rings. The predicted molar refractivity (Wildman–Crippen MR) is 141 cm³/mol. The van der Waals surface area contributed by atoms with Gasteiger partial charge in [0.2, 0.25) is 12.7 Å². The van der Waals surface area contributed by atoms with Gasteiger partial charge in [0.25, 0.3) is 5.91 Å². The fraction of sp³-hybridized carbons (Fsp3) is 0.0741. The number of ether oxygens (including phenoxy) is 2. The number of carbonyl (C=O) groups excluding carboxylic acids is 2. The lowest BCUT2D eigenvalue weighted by Crippen LogP contribution is -2.31. The SMILES string of the molecule is O=C(CSC1=N/C(=C\c2ccc3c(c2)OCO3)C(=O)N1c1ccccc1)Nc1ccc2cc[nH]c2c1. The molecule has 3 heterocycles. The number of thioether (sulfide) groups is 1. The highest BCUT2D eigenvalue weighted by Crippen LogP contribution is 2.34. The largest absolute Gasteiger partial charge is 0.454 e. The Hall–Kier alpha value is -4.50. The Kier molecular flexibility index (Phi) is 5.67. The quantitative estimate of drug-likeness (QED) is 0.379. The number of nitrogens with one attached hydrogen (secondary N) is 2. The van der Waals surface area contributed by atoms with Crippen molar-refractivity contribution in [2.45, 2.75) is 0 Å². The van der Waals surface area contributed by atoms with Crippen LogP contribution in [0.4, 0.5) is 11.4 Å². The summed E-state index contributed by atoms with van der Waals surface area (Å²) in [5.41, 5.74) is 3.37. The van der Waals surface area contributed by atoms with Crippen LogP contribution in [-0.2, 0) is 9.59 Å². The second-order valence-electron chi connectivity index (χ2n) is 8.13. The summed E-state index contributed by atoms with van der Waals surface area (Å²) in [6.45, 7) is 0.177. The number of aliphatic imine (C=N–C) groups is 1. The van der Waals surface area contributed by atoms with Crippen LogP contribution in [0.15, 0.2) is 89.7 Å². The monoisotopic (exact) mass is 496 g/mol. The molecule has 178 valence electrons. The Morgan fingerprint density at radius 1 is 1.06 bits per heavy atom. The summed E-state index contributed by atoms with van der Waals surface area (Å²) in [7, 11) is 0. The molecule has 3 aromatic carbocycles. The van der Waals surface area contributed by atoms with Crippen molar-refractivity contribution >= 4 is 57.1 Å². The van der Waals surface area contributed by atoms with E-state index in [1.165, 1.54) is 16.7 Å². The van der Waals surface area contributed by atoms with Crippen molar-refractivity contribution in [3.05, 3.63) is 90.3 Å². The number of carbonyl (C=O) groups is 2. The van der Waals surface area contributed by atoms with E-state index in [2.05, 4.69) is 15.3 Å². The number of H-pyrrole nitrogens is 1. The molecule has 0 spiro atoms. The Morgan fingerprint density at radius 3 is 2.81 bits per heavy atom. The number of amides is 2. The number of nitrogens with zero attached hydrogens (tertiary/aromatic N) is 2. The highest BCUT2D eigenvalue weighted by atomic mass is 32.2. The van der Waals surface area contributed by atoms with Crippen LogP contribution in [0, 0.1) is 0 Å². The number of fused-ring (bicyclic) bond motifs is 2. The van der Waals surface area contributed by atoms with Gasteiger partial charge in [-0.05, 0) is 59.5 Å². The second kappa shape index (κ2) is 9.27. The van der Waals surface area contributed by atoms with Crippen molar-refractivity contribution in [3.63, 3.8) is 0 Å². The second-order valence-corrected chi connectivity index (χ2v) is 9.07. The molecule has 0 aliphatic carbocycles. The number of anilines is 2. The van der Waals surface area contributed by atoms with Gasteiger partial charge >= 0.3 is 0 Å². The minimum Gasteiger partial charge on any atom is -0.454 e. The van der Waals surface area contributed by atoms with Crippen LogP contribution in [-0.4, -0.2) is 34.5 Å². The van der Waals surface area contributed by atoms with Crippen molar-refractivity contribution in [2.75, 3.05) is 22.8 Å². The summed E-state index contributed by atoms with van der Waals surface area (Å²) in [6, 6.07) is 22.4. The third kappa shape index (κ3) is 4.32. The topological polar surface area (TPSA) is 96.0 Å². The van der Waals surface area contributed by atoms with E-state index in [9.17, 15) is 9.59 Å². The summed E-state index contributed by atoms with van der Waals surface area (Å²) < 4.78 is 10.8. The minimum atomic E-state index is -0.265. The van der Waals surface area contributed by atoms with Crippen LogP contribution < -0.4 is 19.7 Å². The van der Waals surface area contributed by atoms with Crippen LogP contribution >= 0.6 is 11.8 Å². The van der Waals surface area contributed by atoms with E-state index >= 15 is 0 Å². The molecule has 2 aliphatic heterocycles. The van der Waals surface area contributed by atoms with Gasteiger partial charge in [0, 0.05) is 17.4 Å². The molecule has 2 N–H and O–H groups in total. The lowest BCUT2D eigenvalue weighted by atomic mass is 10.1. The van der Waals surface area contributed by atoms with Crippen LogP contribution in [0.25, 0.3) is 17.0 Å². The molecule has 9 heteroatoms. The Bertz CT molecular complexity index is 1540. The molecule has 0 saturated carbocycles. The number of hydrogen-bond acceptors (Lipinski definition) is 6. The number of aromatic amines is 1. The fourth-order valence-electron chi connectivity index (χ4n) is 4.01. The van der Waals surface area contributed by atoms with E-state index in [1.54, 1.807) is 12.1 Å². The van der Waals surface area contributed by atoms with Gasteiger partial charge in [-0.15, -0.1) is 0 Å². The lowest BCUT2D eigenvalue weighted by Gasteiger charge is -2.17. The van der Waals surface area contributed by atoms with Gasteiger partial charge in [-0.3, -0.25) is 14.5 Å². The Labute approximate surface area is 210 Å². The Morgan fingerprint density at radius 2 is 1.92 bits per heavy atom. The van der Waals surface area contributed by atoms with Crippen molar-refractivity contribution in [1.29, 1.82) is 0 Å². The molecule has 0 bridgehead atoms.